The quantitative estimate of drug-likeness (QED) is 0.474. The van der Waals surface area contributed by atoms with E-state index in [4.69, 9.17) is 0 Å². The smallest absolute Gasteiger partial charge is 0.309 e. The van der Waals surface area contributed by atoms with E-state index in [9.17, 15) is 14.9 Å². The second kappa shape index (κ2) is 6.13. The first-order chi connectivity index (χ1) is 8.47. The molecule has 0 radical (unpaired) electrons. The number of hydrogen-bond donors (Lipinski definition) is 1. The molecule has 1 amide bonds. The van der Waals surface area contributed by atoms with E-state index < -0.39 is 11.0 Å². The second-order valence-corrected chi connectivity index (χ2v) is 4.16. The summed E-state index contributed by atoms with van der Waals surface area (Å²) in [6, 6.07) is -0.547. The highest BCUT2D eigenvalue weighted by atomic mass is 16.6. The van der Waals surface area contributed by atoms with Gasteiger partial charge >= 0.3 is 5.69 Å². The molecule has 1 rings (SSSR count). The summed E-state index contributed by atoms with van der Waals surface area (Å²) in [4.78, 5) is 22.0. The van der Waals surface area contributed by atoms with Gasteiger partial charge in [-0.15, -0.1) is 0 Å². The van der Waals surface area contributed by atoms with Crippen LogP contribution in [0.1, 0.15) is 38.4 Å². The monoisotopic (exact) mass is 254 g/mol. The number of carbonyl (C=O) groups is 1. The van der Waals surface area contributed by atoms with Crippen LogP contribution in [0.4, 0.5) is 5.69 Å². The van der Waals surface area contributed by atoms with Gasteiger partial charge in [-0.1, -0.05) is 13.3 Å². The minimum Gasteiger partial charge on any atom is -0.354 e. The Kier molecular flexibility index (Phi) is 4.82. The first kappa shape index (κ1) is 14.1. The van der Waals surface area contributed by atoms with Gasteiger partial charge in [0.2, 0.25) is 5.91 Å². The standard InChI is InChI=1S/C11H18N4O3/c1-4-5-6-12-11(16)9(3)14-7-10(15(17)18)8(2)13-14/h7,9H,4-6H2,1-3H3,(H,12,16). The van der Waals surface area contributed by atoms with Gasteiger partial charge < -0.3 is 5.32 Å². The normalized spacial score (nSPS) is 12.2. The third kappa shape index (κ3) is 3.28. The molecule has 18 heavy (non-hydrogen) atoms. The van der Waals surface area contributed by atoms with Gasteiger partial charge in [0.05, 0.1) is 4.92 Å². The molecule has 0 aromatic carbocycles. The highest BCUT2D eigenvalue weighted by Gasteiger charge is 2.21. The number of nitrogens with one attached hydrogen (secondary N) is 1. The van der Waals surface area contributed by atoms with Gasteiger partial charge in [-0.2, -0.15) is 5.10 Å². The average molecular weight is 254 g/mol. The van der Waals surface area contributed by atoms with Crippen LogP contribution in [0.3, 0.4) is 0 Å². The summed E-state index contributed by atoms with van der Waals surface area (Å²) in [6.07, 6.45) is 3.21. The number of hydrogen-bond acceptors (Lipinski definition) is 4. The van der Waals surface area contributed by atoms with Gasteiger partial charge in [0.1, 0.15) is 17.9 Å². The predicted octanol–water partition coefficient (Wildman–Crippen LogP) is 1.58. The number of aromatic nitrogens is 2. The molecule has 0 aliphatic heterocycles. The maximum atomic E-state index is 11.8. The summed E-state index contributed by atoms with van der Waals surface area (Å²) in [7, 11) is 0. The van der Waals surface area contributed by atoms with E-state index in [-0.39, 0.29) is 11.6 Å². The van der Waals surface area contributed by atoms with E-state index in [0.29, 0.717) is 12.2 Å². The molecule has 0 aliphatic rings. The predicted molar refractivity (Wildman–Crippen MR) is 66.2 cm³/mol. The van der Waals surface area contributed by atoms with Crippen LogP contribution in [-0.2, 0) is 4.79 Å². The van der Waals surface area contributed by atoms with Crippen LogP contribution in [0.15, 0.2) is 6.20 Å². The Bertz CT molecular complexity index is 441. The maximum absolute atomic E-state index is 11.8. The summed E-state index contributed by atoms with van der Waals surface area (Å²) >= 11 is 0. The van der Waals surface area contributed by atoms with E-state index in [1.807, 2.05) is 6.92 Å². The first-order valence-electron chi connectivity index (χ1n) is 5.95. The zero-order chi connectivity index (χ0) is 13.7. The molecule has 0 aliphatic carbocycles. The highest BCUT2D eigenvalue weighted by molar-refractivity contribution is 5.79. The maximum Gasteiger partial charge on any atom is 0.309 e. The number of nitro groups is 1. The minimum atomic E-state index is -0.547. The topological polar surface area (TPSA) is 90.1 Å². The Balaban J connectivity index is 2.71. The number of carbonyl (C=O) groups excluding carboxylic acids is 1. The van der Waals surface area contributed by atoms with Crippen molar-refractivity contribution in [1.29, 1.82) is 0 Å². The Morgan fingerprint density at radius 3 is 2.83 bits per heavy atom. The molecule has 100 valence electrons. The Labute approximate surface area is 105 Å². The lowest BCUT2D eigenvalue weighted by Crippen LogP contribution is -2.31. The van der Waals surface area contributed by atoms with Crippen molar-refractivity contribution in [3.8, 4) is 0 Å². The van der Waals surface area contributed by atoms with E-state index in [0.717, 1.165) is 12.8 Å². The third-order valence-corrected chi connectivity index (χ3v) is 2.69. The van der Waals surface area contributed by atoms with Gasteiger partial charge in [0, 0.05) is 6.54 Å². The van der Waals surface area contributed by atoms with E-state index >= 15 is 0 Å². The molecule has 0 fully saturated rings. The largest absolute Gasteiger partial charge is 0.354 e. The molecule has 0 saturated heterocycles. The van der Waals surface area contributed by atoms with Crippen molar-refractivity contribution in [2.45, 2.75) is 39.7 Å². The fourth-order valence-corrected chi connectivity index (χ4v) is 1.51. The lowest BCUT2D eigenvalue weighted by atomic mass is 10.3. The van der Waals surface area contributed by atoms with Crippen LogP contribution < -0.4 is 5.32 Å². The molecule has 1 N–H and O–H groups in total. The number of nitrogens with zero attached hydrogens (tertiary/aromatic N) is 3. The third-order valence-electron chi connectivity index (χ3n) is 2.69. The van der Waals surface area contributed by atoms with Crippen molar-refractivity contribution in [3.05, 3.63) is 22.0 Å². The Morgan fingerprint density at radius 2 is 2.33 bits per heavy atom. The van der Waals surface area contributed by atoms with Gasteiger partial charge in [-0.05, 0) is 20.3 Å². The fraction of sp³-hybridized carbons (Fsp3) is 0.636. The second-order valence-electron chi connectivity index (χ2n) is 4.16. The van der Waals surface area contributed by atoms with E-state index in [2.05, 4.69) is 10.4 Å². The van der Waals surface area contributed by atoms with E-state index in [1.165, 1.54) is 10.9 Å². The van der Waals surface area contributed by atoms with Crippen molar-refractivity contribution in [2.24, 2.45) is 0 Å². The molecule has 1 heterocycles. The van der Waals surface area contributed by atoms with Crippen LogP contribution in [0.25, 0.3) is 0 Å². The molecule has 0 bridgehead atoms. The zero-order valence-corrected chi connectivity index (χ0v) is 10.8. The summed E-state index contributed by atoms with van der Waals surface area (Å²) in [6.45, 7) is 5.87. The number of unbranched alkanes of at least 4 members (excludes halogenated alkanes) is 1. The molecule has 1 aromatic heterocycles. The van der Waals surface area contributed by atoms with Gasteiger partial charge in [0.25, 0.3) is 0 Å². The number of rotatable bonds is 6. The first-order valence-corrected chi connectivity index (χ1v) is 5.95. The molecule has 7 nitrogen and oxygen atoms in total. The summed E-state index contributed by atoms with van der Waals surface area (Å²) < 4.78 is 1.33. The number of amides is 1. The Hall–Kier alpha value is -1.92. The molecule has 1 unspecified atom stereocenters. The molecule has 7 heteroatoms. The lowest BCUT2D eigenvalue weighted by Gasteiger charge is -2.11. The molecule has 0 saturated carbocycles. The zero-order valence-electron chi connectivity index (χ0n) is 10.8. The molecular weight excluding hydrogens is 236 g/mol. The van der Waals surface area contributed by atoms with Crippen molar-refractivity contribution >= 4 is 11.6 Å². The van der Waals surface area contributed by atoms with Crippen LogP contribution in [0.2, 0.25) is 0 Å². The van der Waals surface area contributed by atoms with Crippen LogP contribution in [0.5, 0.6) is 0 Å². The summed E-state index contributed by atoms with van der Waals surface area (Å²) in [5.74, 6) is -0.180. The average Bonchev–Trinajstić information content (AvgIpc) is 2.70. The van der Waals surface area contributed by atoms with Crippen LogP contribution in [-0.4, -0.2) is 27.2 Å². The van der Waals surface area contributed by atoms with Crippen LogP contribution in [0, 0.1) is 17.0 Å². The molecular formula is C11H18N4O3. The highest BCUT2D eigenvalue weighted by Crippen LogP contribution is 2.18. The molecule has 1 aromatic rings. The fourth-order valence-electron chi connectivity index (χ4n) is 1.51. The van der Waals surface area contributed by atoms with Gasteiger partial charge in [-0.3, -0.25) is 19.6 Å². The number of aryl methyl sites for hydroxylation is 1. The minimum absolute atomic E-state index is 0.0665. The SMILES string of the molecule is CCCCNC(=O)C(C)n1cc([N+](=O)[O-])c(C)n1. The Morgan fingerprint density at radius 1 is 1.67 bits per heavy atom. The van der Waals surface area contributed by atoms with Crippen molar-refractivity contribution in [2.75, 3.05) is 6.54 Å². The van der Waals surface area contributed by atoms with Crippen molar-refractivity contribution in [1.82, 2.24) is 15.1 Å². The van der Waals surface area contributed by atoms with Crippen molar-refractivity contribution < 1.29 is 9.72 Å². The van der Waals surface area contributed by atoms with Crippen molar-refractivity contribution in [3.63, 3.8) is 0 Å². The summed E-state index contributed by atoms with van der Waals surface area (Å²) in [5.41, 5.74) is 0.247. The van der Waals surface area contributed by atoms with E-state index in [1.54, 1.807) is 13.8 Å². The van der Waals surface area contributed by atoms with Crippen LogP contribution >= 0.6 is 0 Å². The molecule has 0 spiro atoms. The molecule has 1 atom stereocenters. The van der Waals surface area contributed by atoms with Gasteiger partial charge in [0.15, 0.2) is 0 Å². The lowest BCUT2D eigenvalue weighted by molar-refractivity contribution is -0.385. The van der Waals surface area contributed by atoms with Gasteiger partial charge in [-0.25, -0.2) is 0 Å². The summed E-state index contributed by atoms with van der Waals surface area (Å²) in [5, 5.41) is 17.5.